The SMILES string of the molecule is Cc1cc(C=O)c(C)n1-c1ccc(OC(C)C)c([N+](=O)[O-])c1. The summed E-state index contributed by atoms with van der Waals surface area (Å²) in [5.74, 6) is 0.238. The molecule has 0 aliphatic rings. The van der Waals surface area contributed by atoms with Gasteiger partial charge in [0.15, 0.2) is 12.0 Å². The maximum atomic E-state index is 11.3. The van der Waals surface area contributed by atoms with Gasteiger partial charge in [-0.05, 0) is 45.9 Å². The second-order valence-corrected chi connectivity index (χ2v) is 5.36. The Labute approximate surface area is 128 Å². The molecule has 0 unspecified atom stereocenters. The first-order valence-electron chi connectivity index (χ1n) is 6.94. The van der Waals surface area contributed by atoms with Gasteiger partial charge in [0.25, 0.3) is 0 Å². The highest BCUT2D eigenvalue weighted by Gasteiger charge is 2.19. The summed E-state index contributed by atoms with van der Waals surface area (Å²) in [4.78, 5) is 21.8. The first kappa shape index (κ1) is 15.8. The molecule has 2 aromatic rings. The van der Waals surface area contributed by atoms with E-state index in [0.29, 0.717) is 11.3 Å². The highest BCUT2D eigenvalue weighted by atomic mass is 16.6. The number of carbonyl (C=O) groups is 1. The fourth-order valence-corrected chi connectivity index (χ4v) is 2.45. The Morgan fingerprint density at radius 2 is 1.95 bits per heavy atom. The van der Waals surface area contributed by atoms with Crippen LogP contribution < -0.4 is 4.74 Å². The van der Waals surface area contributed by atoms with E-state index in [1.54, 1.807) is 25.1 Å². The highest BCUT2D eigenvalue weighted by molar-refractivity contribution is 5.77. The van der Waals surface area contributed by atoms with Crippen LogP contribution in [0, 0.1) is 24.0 Å². The smallest absolute Gasteiger partial charge is 0.313 e. The molecule has 116 valence electrons. The van der Waals surface area contributed by atoms with Crippen LogP contribution >= 0.6 is 0 Å². The standard InChI is InChI=1S/C16H18N2O4/c1-10(2)22-16-6-5-14(8-15(16)18(20)21)17-11(3)7-13(9-19)12(17)4/h5-10H,1-4H3. The number of nitro benzene ring substituents is 1. The summed E-state index contributed by atoms with van der Waals surface area (Å²) in [5, 5.41) is 11.3. The zero-order chi connectivity index (χ0) is 16.4. The minimum Gasteiger partial charge on any atom is -0.484 e. The van der Waals surface area contributed by atoms with E-state index in [4.69, 9.17) is 4.74 Å². The maximum Gasteiger partial charge on any atom is 0.313 e. The van der Waals surface area contributed by atoms with Crippen molar-refractivity contribution in [2.75, 3.05) is 0 Å². The van der Waals surface area contributed by atoms with Gasteiger partial charge in [-0.1, -0.05) is 0 Å². The summed E-state index contributed by atoms with van der Waals surface area (Å²) < 4.78 is 7.29. The van der Waals surface area contributed by atoms with Gasteiger partial charge in [-0.2, -0.15) is 0 Å². The molecular weight excluding hydrogens is 284 g/mol. The Bertz CT molecular complexity index is 732. The van der Waals surface area contributed by atoms with Crippen molar-refractivity contribution in [1.29, 1.82) is 0 Å². The molecule has 0 aliphatic heterocycles. The molecular formula is C16H18N2O4. The molecule has 0 fully saturated rings. The van der Waals surface area contributed by atoms with Crippen LogP contribution in [0.1, 0.15) is 35.6 Å². The lowest BCUT2D eigenvalue weighted by atomic mass is 10.2. The van der Waals surface area contributed by atoms with Crippen LogP contribution in [0.4, 0.5) is 5.69 Å². The molecule has 1 aromatic heterocycles. The van der Waals surface area contributed by atoms with Crippen LogP contribution in [0.15, 0.2) is 24.3 Å². The van der Waals surface area contributed by atoms with Crippen LogP contribution in [0.2, 0.25) is 0 Å². The van der Waals surface area contributed by atoms with Gasteiger partial charge in [0.1, 0.15) is 0 Å². The average molecular weight is 302 g/mol. The summed E-state index contributed by atoms with van der Waals surface area (Å²) in [6, 6.07) is 6.56. The zero-order valence-corrected chi connectivity index (χ0v) is 13.0. The Balaban J connectivity index is 2.58. The Kier molecular flexibility index (Phi) is 4.30. The number of nitro groups is 1. The summed E-state index contributed by atoms with van der Waals surface area (Å²) in [6.45, 7) is 7.29. The van der Waals surface area contributed by atoms with Crippen LogP contribution in [-0.2, 0) is 0 Å². The fourth-order valence-electron chi connectivity index (χ4n) is 2.45. The van der Waals surface area contributed by atoms with E-state index in [1.165, 1.54) is 6.07 Å². The predicted octanol–water partition coefficient (Wildman–Crippen LogP) is 3.60. The molecule has 0 aliphatic carbocycles. The van der Waals surface area contributed by atoms with Gasteiger partial charge in [-0.25, -0.2) is 0 Å². The molecule has 2 rings (SSSR count). The molecule has 6 nitrogen and oxygen atoms in total. The molecule has 1 aromatic carbocycles. The second kappa shape index (κ2) is 6.01. The van der Waals surface area contributed by atoms with E-state index in [-0.39, 0.29) is 17.5 Å². The van der Waals surface area contributed by atoms with Gasteiger partial charge in [-0.15, -0.1) is 0 Å². The number of nitrogens with zero attached hydrogens (tertiary/aromatic N) is 2. The van der Waals surface area contributed by atoms with Crippen LogP contribution in [0.5, 0.6) is 5.75 Å². The topological polar surface area (TPSA) is 74.4 Å². The van der Waals surface area contributed by atoms with Gasteiger partial charge >= 0.3 is 5.69 Å². The number of aryl methyl sites for hydroxylation is 1. The quantitative estimate of drug-likeness (QED) is 0.480. The fraction of sp³-hybridized carbons (Fsp3) is 0.312. The second-order valence-electron chi connectivity index (χ2n) is 5.36. The first-order chi connectivity index (χ1) is 10.3. The maximum absolute atomic E-state index is 11.3. The van der Waals surface area contributed by atoms with Crippen molar-refractivity contribution in [2.45, 2.75) is 33.8 Å². The number of carbonyl (C=O) groups excluding carboxylic acids is 1. The van der Waals surface area contributed by atoms with Crippen molar-refractivity contribution in [2.24, 2.45) is 0 Å². The van der Waals surface area contributed by atoms with Crippen molar-refractivity contribution in [3.63, 3.8) is 0 Å². The van der Waals surface area contributed by atoms with Crippen molar-refractivity contribution in [3.05, 3.63) is 51.3 Å². The number of aromatic nitrogens is 1. The zero-order valence-electron chi connectivity index (χ0n) is 13.0. The van der Waals surface area contributed by atoms with Crippen molar-refractivity contribution in [1.82, 2.24) is 4.57 Å². The first-order valence-corrected chi connectivity index (χ1v) is 6.94. The summed E-state index contributed by atoms with van der Waals surface area (Å²) >= 11 is 0. The molecule has 0 saturated heterocycles. The van der Waals surface area contributed by atoms with Gasteiger partial charge in [0.05, 0.1) is 16.7 Å². The van der Waals surface area contributed by atoms with E-state index in [9.17, 15) is 14.9 Å². The predicted molar refractivity (Wildman–Crippen MR) is 83.0 cm³/mol. The van der Waals surface area contributed by atoms with Crippen LogP contribution in [0.25, 0.3) is 5.69 Å². The van der Waals surface area contributed by atoms with Crippen molar-refractivity contribution < 1.29 is 14.5 Å². The van der Waals surface area contributed by atoms with E-state index >= 15 is 0 Å². The van der Waals surface area contributed by atoms with Gasteiger partial charge < -0.3 is 9.30 Å². The lowest BCUT2D eigenvalue weighted by Gasteiger charge is -2.13. The van der Waals surface area contributed by atoms with Gasteiger partial charge in [0.2, 0.25) is 0 Å². The Morgan fingerprint density at radius 1 is 1.27 bits per heavy atom. The van der Waals surface area contributed by atoms with Crippen LogP contribution in [-0.4, -0.2) is 21.9 Å². The third-order valence-electron chi connectivity index (χ3n) is 3.36. The Hall–Kier alpha value is -2.63. The molecule has 1 heterocycles. The van der Waals surface area contributed by atoms with Gasteiger partial charge in [0, 0.05) is 23.0 Å². The summed E-state index contributed by atoms with van der Waals surface area (Å²) in [5.41, 5.74) is 2.70. The van der Waals surface area contributed by atoms with E-state index in [1.807, 2.05) is 25.3 Å². The molecule has 6 heteroatoms. The third-order valence-corrected chi connectivity index (χ3v) is 3.36. The summed E-state index contributed by atoms with van der Waals surface area (Å²) in [6.07, 6.45) is 0.630. The molecule has 0 radical (unpaired) electrons. The van der Waals surface area contributed by atoms with Crippen LogP contribution in [0.3, 0.4) is 0 Å². The summed E-state index contributed by atoms with van der Waals surface area (Å²) in [7, 11) is 0. The number of rotatable bonds is 5. The van der Waals surface area contributed by atoms with E-state index < -0.39 is 4.92 Å². The van der Waals surface area contributed by atoms with Gasteiger partial charge in [-0.3, -0.25) is 14.9 Å². The molecule has 22 heavy (non-hydrogen) atoms. The Morgan fingerprint density at radius 3 is 2.45 bits per heavy atom. The minimum absolute atomic E-state index is 0.0913. The average Bonchev–Trinajstić information content (AvgIpc) is 2.73. The monoisotopic (exact) mass is 302 g/mol. The number of benzene rings is 1. The number of hydrogen-bond donors (Lipinski definition) is 0. The molecule has 0 bridgehead atoms. The molecule has 0 saturated carbocycles. The van der Waals surface area contributed by atoms with Crippen molar-refractivity contribution in [3.8, 4) is 11.4 Å². The number of hydrogen-bond acceptors (Lipinski definition) is 4. The largest absolute Gasteiger partial charge is 0.484 e. The normalized spacial score (nSPS) is 10.8. The molecule has 0 spiro atoms. The van der Waals surface area contributed by atoms with E-state index in [2.05, 4.69) is 0 Å². The molecule has 0 atom stereocenters. The number of ether oxygens (including phenoxy) is 1. The van der Waals surface area contributed by atoms with E-state index in [0.717, 1.165) is 17.7 Å². The number of aldehydes is 1. The lowest BCUT2D eigenvalue weighted by Crippen LogP contribution is -2.08. The molecule has 0 N–H and O–H groups in total. The lowest BCUT2D eigenvalue weighted by molar-refractivity contribution is -0.386. The van der Waals surface area contributed by atoms with Crippen molar-refractivity contribution >= 4 is 12.0 Å². The molecule has 0 amide bonds. The highest BCUT2D eigenvalue weighted by Crippen LogP contribution is 2.31. The minimum atomic E-state index is -0.462. The third kappa shape index (κ3) is 2.86.